The molecule has 2 aromatic carbocycles. The quantitative estimate of drug-likeness (QED) is 0.733. The number of phenols is 1. The van der Waals surface area contributed by atoms with Crippen LogP contribution in [0.4, 0.5) is 11.4 Å². The van der Waals surface area contributed by atoms with Gasteiger partial charge in [0.25, 0.3) is 5.91 Å². The van der Waals surface area contributed by atoms with Crippen LogP contribution in [0.15, 0.2) is 30.3 Å². The summed E-state index contributed by atoms with van der Waals surface area (Å²) in [5, 5.41) is 12.6. The Labute approximate surface area is 159 Å². The molecule has 2 amide bonds. The van der Waals surface area contributed by atoms with Crippen LogP contribution in [0.3, 0.4) is 0 Å². The Kier molecular flexibility index (Phi) is 5.08. The number of carbonyl (C=O) groups excluding carboxylic acids is 2. The van der Waals surface area contributed by atoms with Crippen molar-refractivity contribution in [1.82, 2.24) is 0 Å². The molecule has 8 heteroatoms. The second-order valence-corrected chi connectivity index (χ2v) is 6.72. The number of hydrogen-bond acceptors (Lipinski definition) is 3. The molecule has 0 radical (unpaired) electrons. The fourth-order valence-corrected chi connectivity index (χ4v) is 3.35. The van der Waals surface area contributed by atoms with Gasteiger partial charge >= 0.3 is 0 Å². The molecule has 0 bridgehead atoms. The van der Waals surface area contributed by atoms with Crippen molar-refractivity contribution in [1.29, 1.82) is 0 Å². The molecule has 0 spiro atoms. The predicted molar refractivity (Wildman–Crippen MR) is 99.1 cm³/mol. The highest BCUT2D eigenvalue weighted by Crippen LogP contribution is 2.38. The summed E-state index contributed by atoms with van der Waals surface area (Å²) in [7, 11) is 0. The van der Waals surface area contributed by atoms with E-state index in [1.807, 2.05) is 0 Å². The maximum Gasteiger partial charge on any atom is 0.261 e. The van der Waals surface area contributed by atoms with Crippen molar-refractivity contribution < 1.29 is 14.7 Å². The molecule has 130 valence electrons. The summed E-state index contributed by atoms with van der Waals surface area (Å²) in [6.07, 6.45) is 1.32. The molecular weight excluding hydrogens is 387 g/mol. The van der Waals surface area contributed by atoms with Gasteiger partial charge in [0.2, 0.25) is 5.91 Å². The number of hydrogen-bond donors (Lipinski definition) is 2. The largest absolute Gasteiger partial charge is 0.505 e. The number of aromatic hydroxyl groups is 1. The van der Waals surface area contributed by atoms with Gasteiger partial charge < -0.3 is 15.3 Å². The van der Waals surface area contributed by atoms with E-state index in [4.69, 9.17) is 34.8 Å². The van der Waals surface area contributed by atoms with Crippen LogP contribution in [-0.4, -0.2) is 23.5 Å². The molecule has 1 aliphatic rings. The van der Waals surface area contributed by atoms with Crippen LogP contribution in [0.5, 0.6) is 5.75 Å². The van der Waals surface area contributed by atoms with Gasteiger partial charge in [0.1, 0.15) is 11.3 Å². The van der Waals surface area contributed by atoms with Gasteiger partial charge in [-0.25, -0.2) is 0 Å². The average Bonchev–Trinajstić information content (AvgIpc) is 2.99. The summed E-state index contributed by atoms with van der Waals surface area (Å²) < 4.78 is 0. The molecule has 2 aromatic rings. The summed E-state index contributed by atoms with van der Waals surface area (Å²) in [6, 6.07) is 8.12. The van der Waals surface area contributed by atoms with Crippen LogP contribution in [0.25, 0.3) is 0 Å². The Bertz CT molecular complexity index is 844. The molecule has 0 aromatic heterocycles. The van der Waals surface area contributed by atoms with E-state index in [2.05, 4.69) is 5.32 Å². The monoisotopic (exact) mass is 398 g/mol. The van der Waals surface area contributed by atoms with E-state index in [-0.39, 0.29) is 26.5 Å². The third kappa shape index (κ3) is 3.54. The normalized spacial score (nSPS) is 14.0. The lowest BCUT2D eigenvalue weighted by atomic mass is 10.1. The molecule has 2 N–H and O–H groups in total. The third-order valence-corrected chi connectivity index (χ3v) is 4.94. The first-order valence-electron chi connectivity index (χ1n) is 7.46. The maximum absolute atomic E-state index is 12.5. The lowest BCUT2D eigenvalue weighted by molar-refractivity contribution is -0.117. The number of halogens is 3. The number of nitrogens with one attached hydrogen (secondary N) is 1. The number of rotatable bonds is 3. The van der Waals surface area contributed by atoms with E-state index < -0.39 is 11.7 Å². The zero-order valence-electron chi connectivity index (χ0n) is 12.9. The highest BCUT2D eigenvalue weighted by molar-refractivity contribution is 6.46. The van der Waals surface area contributed by atoms with Crippen LogP contribution in [-0.2, 0) is 4.79 Å². The van der Waals surface area contributed by atoms with Crippen LogP contribution < -0.4 is 10.2 Å². The molecule has 1 saturated heterocycles. The number of benzene rings is 2. The average molecular weight is 400 g/mol. The standard InChI is InChI=1S/C17H13Cl3N2O3/c18-11-8-12(19)16(24)14(15(11)20)17(25)21-9-3-1-4-10(7-9)22-6-2-5-13(22)23/h1,3-4,7-8,24H,2,5-6H2,(H,21,25). The lowest BCUT2D eigenvalue weighted by Crippen LogP contribution is -2.23. The van der Waals surface area contributed by atoms with E-state index in [0.29, 0.717) is 24.3 Å². The first-order chi connectivity index (χ1) is 11.9. The van der Waals surface area contributed by atoms with Crippen molar-refractivity contribution in [2.45, 2.75) is 12.8 Å². The van der Waals surface area contributed by atoms with Gasteiger partial charge in [-0.1, -0.05) is 40.9 Å². The SMILES string of the molecule is O=C(Nc1cccc(N2CCCC2=O)c1)c1c(O)c(Cl)cc(Cl)c1Cl. The number of amides is 2. The number of nitrogens with zero attached hydrogens (tertiary/aromatic N) is 1. The van der Waals surface area contributed by atoms with E-state index in [9.17, 15) is 14.7 Å². The second kappa shape index (κ2) is 7.12. The van der Waals surface area contributed by atoms with Crippen molar-refractivity contribution in [2.24, 2.45) is 0 Å². The van der Waals surface area contributed by atoms with E-state index >= 15 is 0 Å². The zero-order valence-corrected chi connectivity index (χ0v) is 15.1. The summed E-state index contributed by atoms with van der Waals surface area (Å²) in [6.45, 7) is 0.646. The molecule has 0 unspecified atom stereocenters. The Balaban J connectivity index is 1.89. The molecule has 3 rings (SSSR count). The minimum absolute atomic E-state index is 0.0470. The van der Waals surface area contributed by atoms with E-state index in [1.165, 1.54) is 6.07 Å². The topological polar surface area (TPSA) is 69.6 Å². The zero-order chi connectivity index (χ0) is 18.1. The molecule has 1 fully saturated rings. The van der Waals surface area contributed by atoms with Crippen molar-refractivity contribution in [3.63, 3.8) is 0 Å². The van der Waals surface area contributed by atoms with Gasteiger partial charge in [0, 0.05) is 24.3 Å². The number of carbonyl (C=O) groups is 2. The molecule has 1 aliphatic heterocycles. The minimum Gasteiger partial charge on any atom is -0.505 e. The molecule has 25 heavy (non-hydrogen) atoms. The fourth-order valence-electron chi connectivity index (χ4n) is 2.66. The van der Waals surface area contributed by atoms with Crippen molar-refractivity contribution in [2.75, 3.05) is 16.8 Å². The lowest BCUT2D eigenvalue weighted by Gasteiger charge is -2.17. The summed E-state index contributed by atoms with van der Waals surface area (Å²) in [5.74, 6) is -1.05. The summed E-state index contributed by atoms with van der Waals surface area (Å²) in [5.41, 5.74) is 0.940. The molecule has 0 saturated carbocycles. The van der Waals surface area contributed by atoms with Crippen LogP contribution >= 0.6 is 34.8 Å². The van der Waals surface area contributed by atoms with Crippen LogP contribution in [0.1, 0.15) is 23.2 Å². The Morgan fingerprint density at radius 1 is 1.16 bits per heavy atom. The molecule has 1 heterocycles. The second-order valence-electron chi connectivity index (χ2n) is 5.53. The highest BCUT2D eigenvalue weighted by Gasteiger charge is 2.23. The van der Waals surface area contributed by atoms with Gasteiger partial charge in [-0.3, -0.25) is 9.59 Å². The Morgan fingerprint density at radius 3 is 2.60 bits per heavy atom. The third-order valence-electron chi connectivity index (χ3n) is 3.86. The van der Waals surface area contributed by atoms with Crippen LogP contribution in [0.2, 0.25) is 15.1 Å². The van der Waals surface area contributed by atoms with Crippen molar-refractivity contribution in [3.05, 3.63) is 51.0 Å². The van der Waals surface area contributed by atoms with Crippen molar-refractivity contribution >= 4 is 58.0 Å². The molecule has 5 nitrogen and oxygen atoms in total. The smallest absolute Gasteiger partial charge is 0.261 e. The minimum atomic E-state index is -0.656. The number of anilines is 2. The predicted octanol–water partition coefficient (Wildman–Crippen LogP) is 4.73. The summed E-state index contributed by atoms with van der Waals surface area (Å²) >= 11 is 17.8. The van der Waals surface area contributed by atoms with E-state index in [0.717, 1.165) is 6.42 Å². The van der Waals surface area contributed by atoms with E-state index in [1.54, 1.807) is 29.2 Å². The number of phenolic OH excluding ortho intramolecular Hbond substituents is 1. The Morgan fingerprint density at radius 2 is 1.92 bits per heavy atom. The molecule has 0 aliphatic carbocycles. The summed E-state index contributed by atoms with van der Waals surface area (Å²) in [4.78, 5) is 26.0. The van der Waals surface area contributed by atoms with Gasteiger partial charge in [-0.15, -0.1) is 0 Å². The highest BCUT2D eigenvalue weighted by atomic mass is 35.5. The van der Waals surface area contributed by atoms with Gasteiger partial charge in [0.05, 0.1) is 15.1 Å². The van der Waals surface area contributed by atoms with Gasteiger partial charge in [-0.2, -0.15) is 0 Å². The molecule has 0 atom stereocenters. The maximum atomic E-state index is 12.5. The fraction of sp³-hybridized carbons (Fsp3) is 0.176. The first-order valence-corrected chi connectivity index (χ1v) is 8.60. The first kappa shape index (κ1) is 17.9. The van der Waals surface area contributed by atoms with Gasteiger partial charge in [0.15, 0.2) is 0 Å². The van der Waals surface area contributed by atoms with Crippen molar-refractivity contribution in [3.8, 4) is 5.75 Å². The Hall–Kier alpha value is -1.95. The molecular formula is C17H13Cl3N2O3. The van der Waals surface area contributed by atoms with Crippen LogP contribution in [0, 0.1) is 0 Å². The van der Waals surface area contributed by atoms with Gasteiger partial charge in [-0.05, 0) is 30.7 Å².